The van der Waals surface area contributed by atoms with Gasteiger partial charge in [0.2, 0.25) is 5.88 Å². The molecule has 0 aromatic carbocycles. The molecular weight excluding hydrogens is 301 g/mol. The fourth-order valence-electron chi connectivity index (χ4n) is 2.50. The summed E-state index contributed by atoms with van der Waals surface area (Å²) in [6.07, 6.45) is 3.70. The second-order valence-electron chi connectivity index (χ2n) is 5.53. The van der Waals surface area contributed by atoms with Gasteiger partial charge in [-0.15, -0.1) is 0 Å². The molecule has 0 saturated carbocycles. The highest BCUT2D eigenvalue weighted by molar-refractivity contribution is 5.96. The Balaban J connectivity index is 1.89. The van der Waals surface area contributed by atoms with Gasteiger partial charge in [-0.1, -0.05) is 0 Å². The lowest BCUT2D eigenvalue weighted by molar-refractivity contribution is 0.0676. The number of ether oxygens (including phenoxy) is 1. The lowest BCUT2D eigenvalue weighted by Gasteiger charge is -2.27. The zero-order chi connectivity index (χ0) is 16.4. The number of carbonyl (C=O) groups excluding carboxylic acids is 1. The molecule has 8 heteroatoms. The predicted octanol–water partition coefficient (Wildman–Crippen LogP) is 0.660. The summed E-state index contributed by atoms with van der Waals surface area (Å²) in [5.41, 5.74) is 6.85. The Morgan fingerprint density at radius 1 is 1.52 bits per heavy atom. The van der Waals surface area contributed by atoms with E-state index >= 15 is 0 Å². The number of primary amides is 1. The first-order valence-corrected chi connectivity index (χ1v) is 7.34. The maximum atomic E-state index is 13.9. The Bertz CT molecular complexity index is 718. The van der Waals surface area contributed by atoms with Crippen LogP contribution in [0.3, 0.4) is 0 Å². The molecule has 0 bridgehead atoms. The molecule has 1 aliphatic heterocycles. The average Bonchev–Trinajstić information content (AvgIpc) is 2.96. The van der Waals surface area contributed by atoms with E-state index in [-0.39, 0.29) is 18.0 Å². The van der Waals surface area contributed by atoms with Gasteiger partial charge in [0.1, 0.15) is 17.8 Å². The van der Waals surface area contributed by atoms with Gasteiger partial charge in [-0.05, 0) is 19.0 Å². The third-order valence-corrected chi connectivity index (χ3v) is 3.73. The number of aryl methyl sites for hydroxylation is 1. The van der Waals surface area contributed by atoms with Gasteiger partial charge in [0.25, 0.3) is 5.91 Å². The Labute approximate surface area is 132 Å². The van der Waals surface area contributed by atoms with Crippen molar-refractivity contribution in [2.45, 2.75) is 18.7 Å². The molecule has 1 aliphatic rings. The minimum Gasteiger partial charge on any atom is -0.471 e. The second kappa shape index (κ2) is 6.33. The van der Waals surface area contributed by atoms with Crippen LogP contribution in [-0.4, -0.2) is 45.8 Å². The van der Waals surface area contributed by atoms with E-state index in [4.69, 9.17) is 10.5 Å². The first-order valence-electron chi connectivity index (χ1n) is 7.34. The first-order chi connectivity index (χ1) is 11.0. The number of hydrogen-bond acceptors (Lipinski definition) is 5. The second-order valence-corrected chi connectivity index (χ2v) is 5.53. The molecule has 1 amide bonds. The quantitative estimate of drug-likeness (QED) is 0.863. The van der Waals surface area contributed by atoms with E-state index in [1.807, 2.05) is 7.05 Å². The van der Waals surface area contributed by atoms with Crippen LogP contribution in [0, 0.1) is 0 Å². The number of aromatic nitrogens is 3. The van der Waals surface area contributed by atoms with E-state index in [0.29, 0.717) is 24.2 Å². The number of halogens is 1. The van der Waals surface area contributed by atoms with E-state index < -0.39 is 18.2 Å². The van der Waals surface area contributed by atoms with Gasteiger partial charge in [-0.25, -0.2) is 14.4 Å². The van der Waals surface area contributed by atoms with Crippen LogP contribution in [-0.2, 0) is 7.05 Å². The summed E-state index contributed by atoms with van der Waals surface area (Å²) in [5.74, 6) is -0.610. The fraction of sp³-hybridized carbons (Fsp3) is 0.400. The van der Waals surface area contributed by atoms with Crippen molar-refractivity contribution >= 4 is 5.91 Å². The van der Waals surface area contributed by atoms with Gasteiger partial charge in [0, 0.05) is 31.5 Å². The smallest absolute Gasteiger partial charge is 0.254 e. The van der Waals surface area contributed by atoms with E-state index in [2.05, 4.69) is 15.3 Å². The Hall–Kier alpha value is -2.48. The zero-order valence-corrected chi connectivity index (χ0v) is 12.7. The molecule has 0 aliphatic carbocycles. The van der Waals surface area contributed by atoms with Crippen molar-refractivity contribution in [3.63, 3.8) is 0 Å². The maximum absolute atomic E-state index is 13.9. The van der Waals surface area contributed by atoms with Crippen molar-refractivity contribution in [3.8, 4) is 17.1 Å². The normalized spacial score (nSPS) is 21.1. The predicted molar refractivity (Wildman–Crippen MR) is 81.8 cm³/mol. The monoisotopic (exact) mass is 319 g/mol. The molecule has 2 atom stereocenters. The van der Waals surface area contributed by atoms with Gasteiger partial charge in [0.15, 0.2) is 0 Å². The topological polar surface area (TPSA) is 95.1 Å². The summed E-state index contributed by atoms with van der Waals surface area (Å²) in [7, 11) is 1.84. The molecule has 2 aromatic heterocycles. The van der Waals surface area contributed by atoms with Crippen molar-refractivity contribution < 1.29 is 13.9 Å². The minimum absolute atomic E-state index is 0.0618. The molecule has 2 aromatic rings. The fourth-order valence-corrected chi connectivity index (χ4v) is 2.50. The number of piperidine rings is 1. The third kappa shape index (κ3) is 3.31. The van der Waals surface area contributed by atoms with E-state index in [0.717, 1.165) is 0 Å². The molecule has 23 heavy (non-hydrogen) atoms. The van der Waals surface area contributed by atoms with Crippen molar-refractivity contribution in [2.75, 3.05) is 13.1 Å². The number of amides is 1. The van der Waals surface area contributed by atoms with Crippen LogP contribution >= 0.6 is 0 Å². The average molecular weight is 319 g/mol. The highest BCUT2D eigenvalue weighted by atomic mass is 19.1. The molecule has 122 valence electrons. The number of rotatable bonds is 4. The minimum atomic E-state index is -1.15. The summed E-state index contributed by atoms with van der Waals surface area (Å²) < 4.78 is 21.3. The van der Waals surface area contributed by atoms with Gasteiger partial charge >= 0.3 is 0 Å². The van der Waals surface area contributed by atoms with Crippen LogP contribution in [0.5, 0.6) is 5.88 Å². The summed E-state index contributed by atoms with van der Waals surface area (Å²) >= 11 is 0. The van der Waals surface area contributed by atoms with Crippen LogP contribution in [0.1, 0.15) is 16.8 Å². The number of pyridine rings is 1. The number of alkyl halides is 1. The highest BCUT2D eigenvalue weighted by Gasteiger charge is 2.28. The largest absolute Gasteiger partial charge is 0.471 e. The third-order valence-electron chi connectivity index (χ3n) is 3.73. The van der Waals surface area contributed by atoms with Crippen molar-refractivity contribution in [3.05, 3.63) is 30.4 Å². The molecule has 3 N–H and O–H groups in total. The van der Waals surface area contributed by atoms with Crippen molar-refractivity contribution in [1.29, 1.82) is 0 Å². The Kier molecular flexibility index (Phi) is 4.24. The first kappa shape index (κ1) is 15.4. The maximum Gasteiger partial charge on any atom is 0.254 e. The van der Waals surface area contributed by atoms with Crippen LogP contribution < -0.4 is 15.8 Å². The summed E-state index contributed by atoms with van der Waals surface area (Å²) in [6, 6.07) is 1.57. The number of imidazole rings is 1. The molecule has 1 fully saturated rings. The van der Waals surface area contributed by atoms with Gasteiger partial charge in [-0.2, -0.15) is 0 Å². The molecule has 3 heterocycles. The van der Waals surface area contributed by atoms with Crippen molar-refractivity contribution in [2.24, 2.45) is 12.8 Å². The SMILES string of the molecule is Cn1cnc(-c2cnc(O[C@H]3CCNC[C@H]3F)c(C(N)=O)c2)c1. The number of nitrogens with one attached hydrogen (secondary N) is 1. The molecule has 0 radical (unpaired) electrons. The number of hydrogen-bond donors (Lipinski definition) is 2. The number of nitrogens with zero attached hydrogens (tertiary/aromatic N) is 3. The summed E-state index contributed by atoms with van der Waals surface area (Å²) in [5, 5.41) is 2.94. The van der Waals surface area contributed by atoms with Crippen LogP contribution in [0.4, 0.5) is 4.39 Å². The van der Waals surface area contributed by atoms with Crippen molar-refractivity contribution in [1.82, 2.24) is 19.9 Å². The summed E-state index contributed by atoms with van der Waals surface area (Å²) in [6.45, 7) is 0.881. The van der Waals surface area contributed by atoms with Crippen LogP contribution in [0.15, 0.2) is 24.8 Å². The zero-order valence-electron chi connectivity index (χ0n) is 12.7. The summed E-state index contributed by atoms with van der Waals surface area (Å²) in [4.78, 5) is 20.1. The molecule has 0 spiro atoms. The Morgan fingerprint density at radius 2 is 2.35 bits per heavy atom. The number of carbonyl (C=O) groups is 1. The van der Waals surface area contributed by atoms with Crippen LogP contribution in [0.2, 0.25) is 0 Å². The Morgan fingerprint density at radius 3 is 3.00 bits per heavy atom. The highest BCUT2D eigenvalue weighted by Crippen LogP contribution is 2.25. The molecule has 3 rings (SSSR count). The lowest BCUT2D eigenvalue weighted by atomic mass is 10.1. The standard InChI is InChI=1S/C15H18FN5O2/c1-21-7-12(20-8-21)9-4-10(14(17)22)15(19-5-9)23-13-2-3-18-6-11(13)16/h4-5,7-8,11,13,18H,2-3,6H2,1H3,(H2,17,22)/t11-,13+/m1/s1. The van der Waals surface area contributed by atoms with E-state index in [9.17, 15) is 9.18 Å². The van der Waals surface area contributed by atoms with E-state index in [1.54, 1.807) is 29.4 Å². The van der Waals surface area contributed by atoms with Crippen LogP contribution in [0.25, 0.3) is 11.3 Å². The molecule has 0 unspecified atom stereocenters. The lowest BCUT2D eigenvalue weighted by Crippen LogP contribution is -2.44. The molecule has 7 nitrogen and oxygen atoms in total. The molecule has 1 saturated heterocycles. The van der Waals surface area contributed by atoms with E-state index in [1.165, 1.54) is 0 Å². The molecular formula is C15H18FN5O2. The van der Waals surface area contributed by atoms with Gasteiger partial charge in [0.05, 0.1) is 12.0 Å². The van der Waals surface area contributed by atoms with Gasteiger partial charge in [-0.3, -0.25) is 4.79 Å². The van der Waals surface area contributed by atoms with Gasteiger partial charge < -0.3 is 20.4 Å². The number of nitrogens with two attached hydrogens (primary N) is 1.